The summed E-state index contributed by atoms with van der Waals surface area (Å²) in [5, 5.41) is 4.27. The molecule has 0 spiro atoms. The van der Waals surface area contributed by atoms with Crippen LogP contribution < -0.4 is 9.62 Å². The second-order valence-corrected chi connectivity index (χ2v) is 13.7. The van der Waals surface area contributed by atoms with Crippen LogP contribution in [0.3, 0.4) is 0 Å². The number of nitrogens with one attached hydrogen (secondary N) is 1. The average molecular weight is 651 g/mol. The van der Waals surface area contributed by atoms with Gasteiger partial charge in [0.2, 0.25) is 21.8 Å². The summed E-state index contributed by atoms with van der Waals surface area (Å²) in [4.78, 5) is 29.6. The maximum atomic E-state index is 14.2. The highest BCUT2D eigenvalue weighted by Crippen LogP contribution is 2.28. The van der Waals surface area contributed by atoms with Crippen LogP contribution >= 0.6 is 34.8 Å². The molecule has 11 heteroatoms. The fourth-order valence-electron chi connectivity index (χ4n) is 5.17. The monoisotopic (exact) mass is 649 g/mol. The average Bonchev–Trinajstić information content (AvgIpc) is 2.96. The Bertz CT molecular complexity index is 1460. The van der Waals surface area contributed by atoms with E-state index in [4.69, 9.17) is 34.8 Å². The van der Waals surface area contributed by atoms with Crippen LogP contribution in [-0.2, 0) is 32.6 Å². The zero-order valence-corrected chi connectivity index (χ0v) is 26.4. The molecular weight excluding hydrogens is 617 g/mol. The lowest BCUT2D eigenvalue weighted by Gasteiger charge is -2.35. The zero-order valence-electron chi connectivity index (χ0n) is 23.3. The Balaban J connectivity index is 1.75. The number of hydrogen-bond donors (Lipinski definition) is 1. The molecule has 1 aliphatic rings. The molecule has 3 aromatic rings. The second-order valence-electron chi connectivity index (χ2n) is 10.5. The normalized spacial score (nSPS) is 14.7. The van der Waals surface area contributed by atoms with Gasteiger partial charge in [-0.05, 0) is 54.8 Å². The van der Waals surface area contributed by atoms with E-state index in [0.717, 1.165) is 48.2 Å². The smallest absolute Gasteiger partial charge is 0.244 e. The van der Waals surface area contributed by atoms with Gasteiger partial charge < -0.3 is 10.2 Å². The first-order valence-electron chi connectivity index (χ1n) is 13.8. The van der Waals surface area contributed by atoms with Crippen molar-refractivity contribution >= 4 is 62.3 Å². The lowest BCUT2D eigenvalue weighted by atomic mass is 9.94. The van der Waals surface area contributed by atoms with Crippen molar-refractivity contribution < 1.29 is 18.0 Å². The topological polar surface area (TPSA) is 86.8 Å². The lowest BCUT2D eigenvalue weighted by Crippen LogP contribution is -2.55. The summed E-state index contributed by atoms with van der Waals surface area (Å²) < 4.78 is 26.8. The molecule has 1 saturated carbocycles. The van der Waals surface area contributed by atoms with E-state index >= 15 is 0 Å². The molecule has 0 radical (unpaired) electrons. The molecule has 0 unspecified atom stereocenters. The van der Waals surface area contributed by atoms with Crippen LogP contribution in [0.25, 0.3) is 0 Å². The maximum Gasteiger partial charge on any atom is 0.244 e. The van der Waals surface area contributed by atoms with Gasteiger partial charge in [0, 0.05) is 39.6 Å². The Morgan fingerprint density at radius 2 is 1.50 bits per heavy atom. The highest BCUT2D eigenvalue weighted by atomic mass is 35.5. The number of carbonyl (C=O) groups is 2. The number of anilines is 1. The van der Waals surface area contributed by atoms with Crippen LogP contribution in [0, 0.1) is 0 Å². The SMILES string of the molecule is CS(=O)(=O)N(CC(=O)N(Cc1c(Cl)cccc1Cl)[C@@H](Cc1ccccc1)C(=O)NC1CCCCC1)c1ccc(Cl)cc1. The van der Waals surface area contributed by atoms with Crippen LogP contribution in [0.2, 0.25) is 15.1 Å². The minimum atomic E-state index is -3.89. The number of amides is 2. The summed E-state index contributed by atoms with van der Waals surface area (Å²) in [6, 6.07) is 19.6. The van der Waals surface area contributed by atoms with Gasteiger partial charge >= 0.3 is 0 Å². The second kappa shape index (κ2) is 14.6. The first-order valence-corrected chi connectivity index (χ1v) is 16.8. The Hall–Kier alpha value is -2.78. The van der Waals surface area contributed by atoms with E-state index in [1.54, 1.807) is 30.3 Å². The molecule has 1 fully saturated rings. The molecule has 224 valence electrons. The third kappa shape index (κ3) is 8.63. The number of hydrogen-bond acceptors (Lipinski definition) is 4. The molecule has 4 rings (SSSR count). The molecule has 3 aromatic carbocycles. The maximum absolute atomic E-state index is 14.2. The third-order valence-electron chi connectivity index (χ3n) is 7.41. The van der Waals surface area contributed by atoms with Crippen molar-refractivity contribution in [3.8, 4) is 0 Å². The van der Waals surface area contributed by atoms with E-state index < -0.39 is 28.5 Å². The fourth-order valence-corrected chi connectivity index (χ4v) is 6.67. The van der Waals surface area contributed by atoms with Gasteiger partial charge in [-0.1, -0.05) is 90.5 Å². The summed E-state index contributed by atoms with van der Waals surface area (Å²) in [5.74, 6) is -0.884. The van der Waals surface area contributed by atoms with Crippen LogP contribution in [0.4, 0.5) is 5.69 Å². The Kier molecular flexibility index (Phi) is 11.2. The van der Waals surface area contributed by atoms with Crippen molar-refractivity contribution in [2.45, 2.75) is 57.2 Å². The molecule has 1 aliphatic carbocycles. The molecule has 2 amide bonds. The zero-order chi connectivity index (χ0) is 30.3. The number of carbonyl (C=O) groups excluding carboxylic acids is 2. The van der Waals surface area contributed by atoms with Gasteiger partial charge in [-0.15, -0.1) is 0 Å². The van der Waals surface area contributed by atoms with Crippen molar-refractivity contribution in [2.75, 3.05) is 17.1 Å². The highest BCUT2D eigenvalue weighted by Gasteiger charge is 2.34. The van der Waals surface area contributed by atoms with Crippen LogP contribution in [0.1, 0.15) is 43.2 Å². The van der Waals surface area contributed by atoms with Gasteiger partial charge in [0.15, 0.2) is 0 Å². The lowest BCUT2D eigenvalue weighted by molar-refractivity contribution is -0.140. The van der Waals surface area contributed by atoms with Crippen molar-refractivity contribution in [3.05, 3.63) is 99.0 Å². The van der Waals surface area contributed by atoms with E-state index in [-0.39, 0.29) is 30.6 Å². The van der Waals surface area contributed by atoms with Gasteiger partial charge in [0.1, 0.15) is 12.6 Å². The number of sulfonamides is 1. The predicted molar refractivity (Wildman–Crippen MR) is 170 cm³/mol. The van der Waals surface area contributed by atoms with Crippen LogP contribution in [0.15, 0.2) is 72.8 Å². The Morgan fingerprint density at radius 1 is 0.881 bits per heavy atom. The van der Waals surface area contributed by atoms with Gasteiger partial charge in [0.05, 0.1) is 11.9 Å². The van der Waals surface area contributed by atoms with E-state index in [1.807, 2.05) is 30.3 Å². The molecule has 0 saturated heterocycles. The number of rotatable bonds is 11. The molecule has 0 aromatic heterocycles. The summed E-state index contributed by atoms with van der Waals surface area (Å²) in [6.45, 7) is -0.629. The van der Waals surface area contributed by atoms with E-state index in [9.17, 15) is 18.0 Å². The largest absolute Gasteiger partial charge is 0.352 e. The quantitative estimate of drug-likeness (QED) is 0.257. The van der Waals surface area contributed by atoms with Crippen molar-refractivity contribution in [1.82, 2.24) is 10.2 Å². The summed E-state index contributed by atoms with van der Waals surface area (Å²) >= 11 is 19.1. The molecule has 1 atom stereocenters. The highest BCUT2D eigenvalue weighted by molar-refractivity contribution is 7.92. The number of benzene rings is 3. The molecule has 0 bridgehead atoms. The van der Waals surface area contributed by atoms with Gasteiger partial charge in [-0.25, -0.2) is 8.42 Å². The van der Waals surface area contributed by atoms with Crippen LogP contribution in [-0.4, -0.2) is 50.0 Å². The first kappa shape index (κ1) is 32.1. The molecule has 0 heterocycles. The van der Waals surface area contributed by atoms with Crippen LogP contribution in [0.5, 0.6) is 0 Å². The number of nitrogens with zero attached hydrogens (tertiary/aromatic N) is 2. The standard InChI is InChI=1S/C31H34Cl3N3O4S/c1-42(40,41)37(25-17-15-23(32)16-18-25)21-30(38)36(20-26-27(33)13-8-14-28(26)34)29(19-22-9-4-2-5-10-22)31(39)35-24-11-6-3-7-12-24/h2,4-5,8-10,13-18,24,29H,3,6-7,11-12,19-21H2,1H3,(H,35,39)/t29-/m0/s1. The number of halogens is 3. The fraction of sp³-hybridized carbons (Fsp3) is 0.355. The van der Waals surface area contributed by atoms with Crippen molar-refractivity contribution in [2.24, 2.45) is 0 Å². The van der Waals surface area contributed by atoms with Crippen molar-refractivity contribution in [1.29, 1.82) is 0 Å². The summed E-state index contributed by atoms with van der Waals surface area (Å²) in [5.41, 5.74) is 1.59. The Labute approximate surface area is 262 Å². The summed E-state index contributed by atoms with van der Waals surface area (Å²) in [6.07, 6.45) is 6.15. The van der Waals surface area contributed by atoms with Crippen molar-refractivity contribution in [3.63, 3.8) is 0 Å². The van der Waals surface area contributed by atoms with E-state index in [1.165, 1.54) is 17.0 Å². The first-order chi connectivity index (χ1) is 20.0. The van der Waals surface area contributed by atoms with E-state index in [0.29, 0.717) is 20.6 Å². The molecule has 42 heavy (non-hydrogen) atoms. The molecule has 7 nitrogen and oxygen atoms in total. The Morgan fingerprint density at radius 3 is 2.10 bits per heavy atom. The molecule has 1 N–H and O–H groups in total. The van der Waals surface area contributed by atoms with Gasteiger partial charge in [-0.2, -0.15) is 0 Å². The minimum absolute atomic E-state index is 0.00645. The van der Waals surface area contributed by atoms with Gasteiger partial charge in [-0.3, -0.25) is 13.9 Å². The predicted octanol–water partition coefficient (Wildman–Crippen LogP) is 6.50. The molecule has 0 aliphatic heterocycles. The van der Waals surface area contributed by atoms with E-state index in [2.05, 4.69) is 5.32 Å². The van der Waals surface area contributed by atoms with Gasteiger partial charge in [0.25, 0.3) is 0 Å². The minimum Gasteiger partial charge on any atom is -0.352 e. The summed E-state index contributed by atoms with van der Waals surface area (Å²) in [7, 11) is -3.89. The molecular formula is C31H34Cl3N3O4S. The third-order valence-corrected chi connectivity index (χ3v) is 9.51.